The Kier molecular flexibility index (Phi) is 3.84. The van der Waals surface area contributed by atoms with E-state index in [9.17, 15) is 14.7 Å². The van der Waals surface area contributed by atoms with E-state index in [1.807, 2.05) is 6.92 Å². The number of aliphatic hydroxyl groups is 1. The predicted molar refractivity (Wildman–Crippen MR) is 67.2 cm³/mol. The van der Waals surface area contributed by atoms with Gasteiger partial charge in [0, 0.05) is 26.2 Å². The Balaban J connectivity index is 1.92. The zero-order valence-electron chi connectivity index (χ0n) is 11.0. The van der Waals surface area contributed by atoms with Gasteiger partial charge in [-0.3, -0.25) is 14.3 Å². The number of carbonyl (C=O) groups excluding carboxylic acids is 2. The van der Waals surface area contributed by atoms with Crippen molar-refractivity contribution in [3.8, 4) is 0 Å². The second-order valence-electron chi connectivity index (χ2n) is 4.89. The molecule has 104 valence electrons. The summed E-state index contributed by atoms with van der Waals surface area (Å²) in [5.41, 5.74) is 0.991. The fourth-order valence-electron chi connectivity index (χ4n) is 2.19. The van der Waals surface area contributed by atoms with Gasteiger partial charge in [0.05, 0.1) is 18.3 Å². The molecule has 1 saturated heterocycles. The first kappa shape index (κ1) is 13.5. The number of likely N-dealkylation sites (tertiary alicyclic amines) is 1. The molecule has 19 heavy (non-hydrogen) atoms. The highest BCUT2D eigenvalue weighted by atomic mass is 16.3. The molecule has 1 fully saturated rings. The van der Waals surface area contributed by atoms with Crippen LogP contribution < -0.4 is 5.32 Å². The molecular weight excluding hydrogens is 248 g/mol. The normalized spacial score (nSPS) is 22.6. The lowest BCUT2D eigenvalue weighted by atomic mass is 10.2. The molecule has 0 bridgehead atoms. The molecule has 0 unspecified atom stereocenters. The summed E-state index contributed by atoms with van der Waals surface area (Å²) in [7, 11) is 0. The van der Waals surface area contributed by atoms with Crippen molar-refractivity contribution in [2.75, 3.05) is 13.1 Å². The Morgan fingerprint density at radius 2 is 2.26 bits per heavy atom. The molecule has 0 aromatic carbocycles. The molecule has 1 aliphatic rings. The highest BCUT2D eigenvalue weighted by Crippen LogP contribution is 2.11. The molecular formula is C12H18N4O3. The maximum Gasteiger partial charge on any atom is 0.244 e. The molecule has 2 atom stereocenters. The first-order valence-electron chi connectivity index (χ1n) is 6.17. The molecule has 0 radical (unpaired) electrons. The quantitative estimate of drug-likeness (QED) is 0.727. The van der Waals surface area contributed by atoms with Crippen LogP contribution in [0.5, 0.6) is 0 Å². The summed E-state index contributed by atoms with van der Waals surface area (Å²) < 4.78 is 1.57. The zero-order chi connectivity index (χ0) is 14.0. The summed E-state index contributed by atoms with van der Waals surface area (Å²) in [6.07, 6.45) is 2.76. The number of aliphatic hydroxyl groups excluding tert-OH is 1. The van der Waals surface area contributed by atoms with Gasteiger partial charge in [0.1, 0.15) is 6.54 Å². The molecule has 7 nitrogen and oxygen atoms in total. The predicted octanol–water partition coefficient (Wildman–Crippen LogP) is -1.10. The average molecular weight is 266 g/mol. The number of amides is 2. The molecule has 0 saturated carbocycles. The summed E-state index contributed by atoms with van der Waals surface area (Å²) in [6, 6.07) is -0.388. The Labute approximate surface area is 111 Å². The van der Waals surface area contributed by atoms with Crippen molar-refractivity contribution in [2.24, 2.45) is 0 Å². The van der Waals surface area contributed by atoms with Gasteiger partial charge in [-0.25, -0.2) is 0 Å². The Morgan fingerprint density at radius 3 is 2.84 bits per heavy atom. The summed E-state index contributed by atoms with van der Waals surface area (Å²) >= 11 is 0. The molecule has 2 heterocycles. The molecule has 0 aliphatic carbocycles. The van der Waals surface area contributed by atoms with Crippen molar-refractivity contribution < 1.29 is 14.7 Å². The van der Waals surface area contributed by atoms with Crippen LogP contribution in [0.3, 0.4) is 0 Å². The van der Waals surface area contributed by atoms with Crippen LogP contribution in [0, 0.1) is 6.92 Å². The standard InChI is InChI=1S/C12H18N4O3/c1-8-3-13-16(4-8)7-12(19)15-5-10(11(18)6-15)14-9(2)17/h3-4,10-11,18H,5-7H2,1-2H3,(H,14,17)/t10-,11-/m1/s1. The second-order valence-corrected chi connectivity index (χ2v) is 4.89. The van der Waals surface area contributed by atoms with Gasteiger partial charge >= 0.3 is 0 Å². The van der Waals surface area contributed by atoms with Crippen LogP contribution in [0.15, 0.2) is 12.4 Å². The van der Waals surface area contributed by atoms with Crippen LogP contribution in [0.2, 0.25) is 0 Å². The molecule has 1 aliphatic heterocycles. The van der Waals surface area contributed by atoms with E-state index in [1.165, 1.54) is 6.92 Å². The lowest BCUT2D eigenvalue weighted by Crippen LogP contribution is -2.42. The minimum Gasteiger partial charge on any atom is -0.389 e. The zero-order valence-corrected chi connectivity index (χ0v) is 11.0. The van der Waals surface area contributed by atoms with E-state index in [-0.39, 0.29) is 30.9 Å². The summed E-state index contributed by atoms with van der Waals surface area (Å²) in [5, 5.41) is 16.5. The minimum absolute atomic E-state index is 0.116. The van der Waals surface area contributed by atoms with E-state index < -0.39 is 6.10 Å². The van der Waals surface area contributed by atoms with E-state index in [4.69, 9.17) is 0 Å². The highest BCUT2D eigenvalue weighted by molar-refractivity contribution is 5.77. The van der Waals surface area contributed by atoms with E-state index >= 15 is 0 Å². The molecule has 2 N–H and O–H groups in total. The van der Waals surface area contributed by atoms with Gasteiger partial charge in [-0.05, 0) is 12.5 Å². The van der Waals surface area contributed by atoms with Crippen molar-refractivity contribution in [2.45, 2.75) is 32.5 Å². The molecule has 2 rings (SSSR count). The van der Waals surface area contributed by atoms with Crippen molar-refractivity contribution in [3.05, 3.63) is 18.0 Å². The molecule has 2 amide bonds. The van der Waals surface area contributed by atoms with Crippen LogP contribution in [0.1, 0.15) is 12.5 Å². The number of carbonyl (C=O) groups is 2. The third-order valence-electron chi connectivity index (χ3n) is 3.09. The van der Waals surface area contributed by atoms with Gasteiger partial charge < -0.3 is 15.3 Å². The summed E-state index contributed by atoms with van der Waals surface area (Å²) in [5.74, 6) is -0.323. The van der Waals surface area contributed by atoms with Crippen LogP contribution in [-0.4, -0.2) is 56.8 Å². The maximum atomic E-state index is 12.0. The number of hydrogen-bond acceptors (Lipinski definition) is 4. The molecule has 1 aromatic heterocycles. The van der Waals surface area contributed by atoms with Crippen molar-refractivity contribution in [1.29, 1.82) is 0 Å². The minimum atomic E-state index is -0.716. The third-order valence-corrected chi connectivity index (χ3v) is 3.09. The van der Waals surface area contributed by atoms with Gasteiger partial charge in [0.25, 0.3) is 0 Å². The van der Waals surface area contributed by atoms with Gasteiger partial charge in [-0.15, -0.1) is 0 Å². The highest BCUT2D eigenvalue weighted by Gasteiger charge is 2.34. The topological polar surface area (TPSA) is 87.5 Å². The number of nitrogens with one attached hydrogen (secondary N) is 1. The number of aryl methyl sites for hydroxylation is 1. The Hall–Kier alpha value is -1.89. The first-order valence-corrected chi connectivity index (χ1v) is 6.17. The monoisotopic (exact) mass is 266 g/mol. The molecule has 1 aromatic rings. The van der Waals surface area contributed by atoms with Gasteiger partial charge in [0.2, 0.25) is 11.8 Å². The van der Waals surface area contributed by atoms with Crippen LogP contribution in [0.25, 0.3) is 0 Å². The lowest BCUT2D eigenvalue weighted by molar-refractivity contribution is -0.131. The van der Waals surface area contributed by atoms with Crippen molar-refractivity contribution in [1.82, 2.24) is 20.0 Å². The number of nitrogens with zero attached hydrogens (tertiary/aromatic N) is 3. The van der Waals surface area contributed by atoms with Gasteiger partial charge in [-0.2, -0.15) is 5.10 Å². The Morgan fingerprint density at radius 1 is 1.53 bits per heavy atom. The van der Waals surface area contributed by atoms with Gasteiger partial charge in [-0.1, -0.05) is 0 Å². The summed E-state index contributed by atoms with van der Waals surface area (Å²) in [6.45, 7) is 4.02. The number of hydrogen-bond donors (Lipinski definition) is 2. The van der Waals surface area contributed by atoms with Crippen molar-refractivity contribution in [3.63, 3.8) is 0 Å². The maximum absolute atomic E-state index is 12.0. The SMILES string of the molecule is CC(=O)N[C@@H]1CN(C(=O)Cn2cc(C)cn2)C[C@H]1O. The fraction of sp³-hybridized carbons (Fsp3) is 0.583. The van der Waals surface area contributed by atoms with E-state index in [2.05, 4.69) is 10.4 Å². The fourth-order valence-corrected chi connectivity index (χ4v) is 2.19. The number of β-amino-alcohol motifs (C(OH)–C–C–N with tert-alkyl or cyclic N) is 1. The van der Waals surface area contributed by atoms with Crippen LogP contribution >= 0.6 is 0 Å². The average Bonchev–Trinajstić information content (AvgIpc) is 2.86. The van der Waals surface area contributed by atoms with Crippen LogP contribution in [-0.2, 0) is 16.1 Å². The second kappa shape index (κ2) is 5.40. The van der Waals surface area contributed by atoms with E-state index in [1.54, 1.807) is 22.0 Å². The number of aromatic nitrogens is 2. The first-order chi connectivity index (χ1) is 8.95. The van der Waals surface area contributed by atoms with Crippen molar-refractivity contribution >= 4 is 11.8 Å². The smallest absolute Gasteiger partial charge is 0.244 e. The molecule has 7 heteroatoms. The molecule has 0 spiro atoms. The number of rotatable bonds is 3. The van der Waals surface area contributed by atoms with Gasteiger partial charge in [0.15, 0.2) is 0 Å². The third kappa shape index (κ3) is 3.31. The van der Waals surface area contributed by atoms with E-state index in [0.717, 1.165) is 5.56 Å². The van der Waals surface area contributed by atoms with E-state index in [0.29, 0.717) is 6.54 Å². The lowest BCUT2D eigenvalue weighted by Gasteiger charge is -2.16. The van der Waals surface area contributed by atoms with Crippen LogP contribution in [0.4, 0.5) is 0 Å². The largest absolute Gasteiger partial charge is 0.389 e. The summed E-state index contributed by atoms with van der Waals surface area (Å²) in [4.78, 5) is 24.6. The Bertz CT molecular complexity index is 485.